The summed E-state index contributed by atoms with van der Waals surface area (Å²) in [6.07, 6.45) is 4.08. The van der Waals surface area contributed by atoms with Crippen LogP contribution in [0.5, 0.6) is 0 Å². The molecule has 9 rings (SSSR count). The van der Waals surface area contributed by atoms with Crippen molar-refractivity contribution in [3.05, 3.63) is 144 Å². The molecular weight excluding hydrogens is 681 g/mol. The number of nitrogens with zero attached hydrogens (tertiary/aromatic N) is 2. The van der Waals surface area contributed by atoms with E-state index in [1.165, 1.54) is 55.7 Å². The van der Waals surface area contributed by atoms with Gasteiger partial charge in [-0.2, -0.15) is 4.57 Å². The van der Waals surface area contributed by atoms with Gasteiger partial charge in [0.2, 0.25) is 0 Å². The van der Waals surface area contributed by atoms with Crippen molar-refractivity contribution in [3.8, 4) is 39.3 Å². The van der Waals surface area contributed by atoms with E-state index >= 15 is 0 Å². The summed E-state index contributed by atoms with van der Waals surface area (Å²) in [5.74, 6) is 1.19. The Hall–Kier alpha value is -5.41. The summed E-state index contributed by atoms with van der Waals surface area (Å²) < 4.78 is 20.9. The molecule has 0 saturated heterocycles. The maximum atomic E-state index is 9.25. The van der Waals surface area contributed by atoms with Gasteiger partial charge in [0, 0.05) is 23.3 Å². The molecule has 0 aliphatic heterocycles. The van der Waals surface area contributed by atoms with Crippen molar-refractivity contribution in [2.75, 3.05) is 0 Å². The third-order valence-corrected chi connectivity index (χ3v) is 12.7. The third kappa shape index (κ3) is 6.17. The van der Waals surface area contributed by atoms with E-state index in [4.69, 9.17) is 4.42 Å². The first-order valence-electron chi connectivity index (χ1n) is 21.1. The predicted octanol–water partition coefficient (Wildman–Crippen LogP) is 14.6. The highest BCUT2D eigenvalue weighted by Gasteiger charge is 2.34. The second kappa shape index (κ2) is 14.0. The van der Waals surface area contributed by atoms with Crippen LogP contribution in [0.15, 0.2) is 126 Å². The average molecular weight is 737 g/mol. The molecule has 3 heteroatoms. The number of fused-ring (bicyclic) bond motifs is 4. The highest BCUT2D eigenvalue weighted by molar-refractivity contribution is 6.10. The highest BCUT2D eigenvalue weighted by Crippen LogP contribution is 2.45. The maximum absolute atomic E-state index is 9.25. The number of aryl methyl sites for hydroxylation is 2. The first-order chi connectivity index (χ1) is 27.3. The molecule has 56 heavy (non-hydrogen) atoms. The number of benzene rings is 6. The summed E-state index contributed by atoms with van der Waals surface area (Å²) in [7, 11) is 2.20. The second-order valence-electron chi connectivity index (χ2n) is 17.7. The first kappa shape index (κ1) is 35.0. The summed E-state index contributed by atoms with van der Waals surface area (Å²) in [4.78, 5) is 0. The Morgan fingerprint density at radius 3 is 1.91 bits per heavy atom. The molecule has 8 aromatic rings. The summed E-state index contributed by atoms with van der Waals surface area (Å²) in [6.45, 7) is 16.2. The lowest BCUT2D eigenvalue weighted by Crippen LogP contribution is -2.30. The van der Waals surface area contributed by atoms with Crippen LogP contribution in [0.25, 0.3) is 72.3 Å². The van der Waals surface area contributed by atoms with E-state index in [-0.39, 0.29) is 11.8 Å². The quantitative estimate of drug-likeness (QED) is 0.149. The smallest absolute Gasteiger partial charge is 0.299 e. The SMILES string of the molecule is [2H]C1(c2ccc(-c3ccc(-c4cc(C(C)C)c(-n5c(-c6c(C)ccc7c6oc6ccccc67)[n+](C)c6ccccc65)c(C(C)C)c4)cc3)cc2)CCC(C)(C)CC1. The normalized spacial score (nSPS) is 15.7. The maximum Gasteiger partial charge on any atom is 0.299 e. The van der Waals surface area contributed by atoms with Gasteiger partial charge in [-0.25, -0.2) is 4.57 Å². The zero-order valence-electron chi connectivity index (χ0n) is 35.3. The Balaban J connectivity index is 1.17. The standard InChI is InChI=1S/C53H55N2O/c1-33(2)44-31-41(39-24-22-37(23-25-39)36-18-20-38(21-19-36)40-27-29-53(6,7)30-28-40)32-45(34(3)4)50(44)55-47-15-11-10-14-46(47)54(8)52(55)49-35(5)17-26-43-42-13-9-12-16-48(42)56-51(43)49/h9-26,31-34,40H,27-30H2,1-8H3/q+1/i40D. The van der Waals surface area contributed by atoms with Crippen LogP contribution in [-0.4, -0.2) is 4.57 Å². The van der Waals surface area contributed by atoms with Crippen molar-refractivity contribution in [2.45, 2.75) is 91.9 Å². The Bertz CT molecular complexity index is 2760. The van der Waals surface area contributed by atoms with E-state index in [9.17, 15) is 1.37 Å². The molecule has 3 nitrogen and oxygen atoms in total. The molecule has 0 atom stereocenters. The molecule has 0 unspecified atom stereocenters. The van der Waals surface area contributed by atoms with Gasteiger partial charge >= 0.3 is 0 Å². The van der Waals surface area contributed by atoms with Crippen LogP contribution >= 0.6 is 0 Å². The molecule has 0 bridgehead atoms. The fourth-order valence-electron chi connectivity index (χ4n) is 9.24. The molecule has 2 aromatic heterocycles. The van der Waals surface area contributed by atoms with Crippen molar-refractivity contribution < 1.29 is 10.4 Å². The van der Waals surface area contributed by atoms with Gasteiger partial charge in [0.25, 0.3) is 5.82 Å². The molecule has 1 aliphatic rings. The molecule has 1 saturated carbocycles. The van der Waals surface area contributed by atoms with Gasteiger partial charge in [0.05, 0.1) is 7.05 Å². The van der Waals surface area contributed by atoms with Crippen molar-refractivity contribution in [3.63, 3.8) is 0 Å². The predicted molar refractivity (Wildman–Crippen MR) is 236 cm³/mol. The minimum atomic E-state index is -0.475. The number of para-hydroxylation sites is 3. The van der Waals surface area contributed by atoms with Gasteiger partial charge in [-0.05, 0) is 119 Å². The average Bonchev–Trinajstić information content (AvgIpc) is 3.73. The highest BCUT2D eigenvalue weighted by atomic mass is 16.3. The zero-order chi connectivity index (χ0) is 39.8. The Morgan fingerprint density at radius 2 is 1.27 bits per heavy atom. The van der Waals surface area contributed by atoms with Gasteiger partial charge in [-0.1, -0.05) is 133 Å². The van der Waals surface area contributed by atoms with Crippen LogP contribution in [0.1, 0.15) is 109 Å². The molecule has 0 spiro atoms. The van der Waals surface area contributed by atoms with Crippen LogP contribution in [0, 0.1) is 12.3 Å². The molecule has 1 fully saturated rings. The molecule has 282 valence electrons. The van der Waals surface area contributed by atoms with Gasteiger partial charge in [-0.3, -0.25) is 0 Å². The van der Waals surface area contributed by atoms with E-state index in [1.807, 2.05) is 0 Å². The molecule has 0 radical (unpaired) electrons. The van der Waals surface area contributed by atoms with Crippen molar-refractivity contribution in [2.24, 2.45) is 12.5 Å². The van der Waals surface area contributed by atoms with Crippen LogP contribution in [0.4, 0.5) is 0 Å². The van der Waals surface area contributed by atoms with E-state index in [1.54, 1.807) is 0 Å². The number of aromatic nitrogens is 2. The fraction of sp³-hybridized carbons (Fsp3) is 0.302. The minimum absolute atomic E-state index is 0.271. The largest absolute Gasteiger partial charge is 0.455 e. The molecular formula is C53H55N2O+. The number of hydrogen-bond acceptors (Lipinski definition) is 1. The number of hydrogen-bond donors (Lipinski definition) is 0. The van der Waals surface area contributed by atoms with Gasteiger partial charge in [0.1, 0.15) is 16.8 Å². The molecule has 6 aromatic carbocycles. The van der Waals surface area contributed by atoms with Crippen LogP contribution in [0.2, 0.25) is 0 Å². The second-order valence-corrected chi connectivity index (χ2v) is 17.7. The lowest BCUT2D eigenvalue weighted by Gasteiger charge is -2.34. The number of imidazole rings is 1. The van der Waals surface area contributed by atoms with Crippen LogP contribution in [0.3, 0.4) is 0 Å². The van der Waals surface area contributed by atoms with Crippen molar-refractivity contribution in [1.29, 1.82) is 0 Å². The third-order valence-electron chi connectivity index (χ3n) is 12.7. The van der Waals surface area contributed by atoms with Gasteiger partial charge < -0.3 is 4.42 Å². The van der Waals surface area contributed by atoms with Gasteiger partial charge in [-0.15, -0.1) is 0 Å². The minimum Gasteiger partial charge on any atom is -0.455 e. The molecule has 0 amide bonds. The topological polar surface area (TPSA) is 21.9 Å². The van der Waals surface area contributed by atoms with Crippen LogP contribution < -0.4 is 4.57 Å². The summed E-state index contributed by atoms with van der Waals surface area (Å²) in [6, 6.07) is 44.4. The van der Waals surface area contributed by atoms with E-state index < -0.39 is 5.89 Å². The van der Waals surface area contributed by atoms with Gasteiger partial charge in [0.15, 0.2) is 16.6 Å². The lowest BCUT2D eigenvalue weighted by atomic mass is 9.71. The Kier molecular flexibility index (Phi) is 8.73. The Labute approximate surface area is 334 Å². The number of furan rings is 1. The summed E-state index contributed by atoms with van der Waals surface area (Å²) >= 11 is 0. The van der Waals surface area contributed by atoms with Crippen molar-refractivity contribution >= 4 is 33.0 Å². The van der Waals surface area contributed by atoms with E-state index in [0.717, 1.165) is 64.6 Å². The zero-order valence-corrected chi connectivity index (χ0v) is 34.3. The summed E-state index contributed by atoms with van der Waals surface area (Å²) in [5, 5.41) is 2.28. The number of rotatable bonds is 7. The Morgan fingerprint density at radius 1 is 0.696 bits per heavy atom. The molecule has 2 heterocycles. The van der Waals surface area contributed by atoms with Crippen molar-refractivity contribution in [1.82, 2.24) is 4.57 Å². The molecule has 0 N–H and O–H groups in total. The van der Waals surface area contributed by atoms with E-state index in [0.29, 0.717) is 5.41 Å². The van der Waals surface area contributed by atoms with E-state index in [2.05, 4.69) is 186 Å². The fourth-order valence-corrected chi connectivity index (χ4v) is 9.24. The summed E-state index contributed by atoms with van der Waals surface area (Å²) in [5.41, 5.74) is 16.8. The monoisotopic (exact) mass is 736 g/mol. The lowest BCUT2D eigenvalue weighted by molar-refractivity contribution is -0.633. The molecule has 1 aliphatic carbocycles. The van der Waals surface area contributed by atoms with Crippen LogP contribution in [-0.2, 0) is 7.05 Å². The first-order valence-corrected chi connectivity index (χ1v) is 20.6.